The van der Waals surface area contributed by atoms with Crippen molar-refractivity contribution in [1.29, 1.82) is 0 Å². The lowest BCUT2D eigenvalue weighted by atomic mass is 9.87. The molecule has 8 heteroatoms. The molecule has 0 N–H and O–H groups in total. The number of carbonyl (C=O) groups is 1. The molecular weight excluding hydrogens is 427 g/mol. The number of halogens is 1. The zero-order valence-corrected chi connectivity index (χ0v) is 18.9. The van der Waals surface area contributed by atoms with E-state index >= 15 is 0 Å². The van der Waals surface area contributed by atoms with Gasteiger partial charge in [-0.05, 0) is 63.2 Å². The number of thiazole rings is 1. The highest BCUT2D eigenvalue weighted by Gasteiger charge is 2.33. The molecule has 0 bridgehead atoms. The van der Waals surface area contributed by atoms with Crippen LogP contribution in [0.5, 0.6) is 0 Å². The number of benzene rings is 1. The van der Waals surface area contributed by atoms with Gasteiger partial charge in [-0.25, -0.2) is 9.37 Å². The van der Waals surface area contributed by atoms with E-state index in [1.807, 2.05) is 0 Å². The maximum absolute atomic E-state index is 13.4. The Morgan fingerprint density at radius 1 is 1.12 bits per heavy atom. The second-order valence-electron chi connectivity index (χ2n) is 9.45. The first-order valence-corrected chi connectivity index (χ1v) is 12.5. The first-order valence-electron chi connectivity index (χ1n) is 11.7. The highest BCUT2D eigenvalue weighted by Crippen LogP contribution is 2.37. The monoisotopic (exact) mass is 454 g/mol. The van der Waals surface area contributed by atoms with E-state index in [2.05, 4.69) is 15.0 Å². The number of piperidine rings is 1. The van der Waals surface area contributed by atoms with Crippen LogP contribution in [0.3, 0.4) is 0 Å². The van der Waals surface area contributed by atoms with Crippen LogP contribution in [-0.4, -0.2) is 53.5 Å². The van der Waals surface area contributed by atoms with Crippen LogP contribution in [0.1, 0.15) is 59.1 Å². The van der Waals surface area contributed by atoms with Crippen molar-refractivity contribution in [2.75, 3.05) is 37.6 Å². The highest BCUT2D eigenvalue weighted by molar-refractivity contribution is 7.17. The molecule has 2 aromatic heterocycles. The number of carbonyl (C=O) groups excluding carboxylic acids is 1. The number of Topliss-reactive ketones (excluding diaryl/α,β-unsaturated/α-hetero) is 1. The van der Waals surface area contributed by atoms with Crippen LogP contribution < -0.4 is 4.90 Å². The molecule has 2 aliphatic heterocycles. The Kier molecular flexibility index (Phi) is 5.22. The molecular formula is C24H27FN4O2S. The van der Waals surface area contributed by atoms with E-state index in [1.165, 1.54) is 25.0 Å². The summed E-state index contributed by atoms with van der Waals surface area (Å²) in [5.74, 6) is 0.651. The van der Waals surface area contributed by atoms with Gasteiger partial charge < -0.3 is 14.3 Å². The fraction of sp³-hybridized carbons (Fsp3) is 0.542. The van der Waals surface area contributed by atoms with Gasteiger partial charge in [-0.2, -0.15) is 0 Å². The summed E-state index contributed by atoms with van der Waals surface area (Å²) < 4.78 is 18.8. The quantitative estimate of drug-likeness (QED) is 0.572. The van der Waals surface area contributed by atoms with Crippen molar-refractivity contribution in [3.63, 3.8) is 0 Å². The van der Waals surface area contributed by atoms with Gasteiger partial charge in [0.1, 0.15) is 5.82 Å². The second kappa shape index (κ2) is 8.23. The number of fused-ring (bicyclic) bond motifs is 2. The van der Waals surface area contributed by atoms with E-state index in [-0.39, 0.29) is 11.6 Å². The number of hydrogen-bond acceptors (Lipinski definition) is 7. The first kappa shape index (κ1) is 20.3. The summed E-state index contributed by atoms with van der Waals surface area (Å²) in [5, 5.41) is 6.22. The second-order valence-corrected chi connectivity index (χ2v) is 10.4. The summed E-state index contributed by atoms with van der Waals surface area (Å²) in [6.45, 7) is 5.03. The van der Waals surface area contributed by atoms with Crippen molar-refractivity contribution in [2.24, 2.45) is 5.92 Å². The SMILES string of the molecule is O=C1CC(CN2CCC(c3noc4cc(F)ccc34)CC2)Cc2nc(N3CCCC3)sc21. The fourth-order valence-corrected chi connectivity index (χ4v) is 6.64. The largest absolute Gasteiger partial charge is 0.356 e. The molecule has 1 atom stereocenters. The molecule has 3 aromatic rings. The normalized spacial score (nSPS) is 22.7. The topological polar surface area (TPSA) is 62.5 Å². The van der Waals surface area contributed by atoms with Gasteiger partial charge in [0.05, 0.1) is 16.3 Å². The van der Waals surface area contributed by atoms with E-state index in [9.17, 15) is 9.18 Å². The van der Waals surface area contributed by atoms with Gasteiger partial charge in [-0.15, -0.1) is 0 Å². The van der Waals surface area contributed by atoms with Crippen molar-refractivity contribution in [3.8, 4) is 0 Å². The third kappa shape index (κ3) is 3.73. The van der Waals surface area contributed by atoms with Crippen molar-refractivity contribution in [3.05, 3.63) is 40.3 Å². The molecule has 1 aliphatic carbocycles. The van der Waals surface area contributed by atoms with Crippen molar-refractivity contribution < 1.29 is 13.7 Å². The Labute approximate surface area is 190 Å². The lowest BCUT2D eigenvalue weighted by Gasteiger charge is -2.34. The minimum Gasteiger partial charge on any atom is -0.356 e. The fourth-order valence-electron chi connectivity index (χ4n) is 5.55. The van der Waals surface area contributed by atoms with E-state index in [1.54, 1.807) is 17.4 Å². The number of ketones is 1. The third-order valence-electron chi connectivity index (χ3n) is 7.22. The molecule has 0 amide bonds. The average molecular weight is 455 g/mol. The first-order chi connectivity index (χ1) is 15.6. The summed E-state index contributed by atoms with van der Waals surface area (Å²) >= 11 is 1.60. The van der Waals surface area contributed by atoms with E-state index in [0.717, 1.165) is 78.8 Å². The molecule has 4 heterocycles. The predicted molar refractivity (Wildman–Crippen MR) is 122 cm³/mol. The summed E-state index contributed by atoms with van der Waals surface area (Å²) in [6, 6.07) is 4.65. The maximum Gasteiger partial charge on any atom is 0.186 e. The van der Waals surface area contributed by atoms with Crippen molar-refractivity contribution in [2.45, 2.75) is 44.4 Å². The van der Waals surface area contributed by atoms with Crippen molar-refractivity contribution in [1.82, 2.24) is 15.0 Å². The van der Waals surface area contributed by atoms with Crippen LogP contribution in [0.25, 0.3) is 11.0 Å². The van der Waals surface area contributed by atoms with Crippen molar-refractivity contribution >= 4 is 33.2 Å². The number of hydrogen-bond donors (Lipinski definition) is 0. The number of nitrogens with zero attached hydrogens (tertiary/aromatic N) is 4. The number of likely N-dealkylation sites (tertiary alicyclic amines) is 1. The standard InChI is InChI=1S/C24H27FN4O2S/c25-17-3-4-18-21(13-17)31-27-22(18)16-5-9-28(10-6-16)14-15-11-19-23(20(30)12-15)32-24(26-19)29-7-1-2-8-29/h3-4,13,15-16H,1-2,5-12,14H2. The molecule has 6 rings (SSSR count). The Hall–Kier alpha value is -2.32. The smallest absolute Gasteiger partial charge is 0.186 e. The molecule has 1 aromatic carbocycles. The molecule has 168 valence electrons. The van der Waals surface area contributed by atoms with Crippen LogP contribution in [0.4, 0.5) is 9.52 Å². The molecule has 1 unspecified atom stereocenters. The van der Waals surface area contributed by atoms with Gasteiger partial charge in [0.25, 0.3) is 0 Å². The van der Waals surface area contributed by atoms with Crippen LogP contribution in [0.2, 0.25) is 0 Å². The zero-order valence-electron chi connectivity index (χ0n) is 18.1. The molecule has 0 radical (unpaired) electrons. The third-order valence-corrected chi connectivity index (χ3v) is 8.42. The summed E-state index contributed by atoms with van der Waals surface area (Å²) in [4.78, 5) is 23.4. The minimum atomic E-state index is -0.298. The van der Waals surface area contributed by atoms with Crippen LogP contribution >= 0.6 is 11.3 Å². The van der Waals surface area contributed by atoms with Gasteiger partial charge in [0, 0.05) is 43.4 Å². The molecule has 0 saturated carbocycles. The molecule has 2 saturated heterocycles. The summed E-state index contributed by atoms with van der Waals surface area (Å²) in [5.41, 5.74) is 2.50. The van der Waals surface area contributed by atoms with Gasteiger partial charge in [-0.3, -0.25) is 4.79 Å². The van der Waals surface area contributed by atoms with Crippen LogP contribution in [-0.2, 0) is 6.42 Å². The molecule has 0 spiro atoms. The average Bonchev–Trinajstić information content (AvgIpc) is 3.53. The van der Waals surface area contributed by atoms with E-state index < -0.39 is 0 Å². The van der Waals surface area contributed by atoms with Crippen LogP contribution in [0, 0.1) is 11.7 Å². The number of rotatable bonds is 4. The molecule has 2 fully saturated rings. The molecule has 32 heavy (non-hydrogen) atoms. The Balaban J connectivity index is 1.08. The summed E-state index contributed by atoms with van der Waals surface area (Å²) in [7, 11) is 0. The Morgan fingerprint density at radius 2 is 1.94 bits per heavy atom. The molecule has 6 nitrogen and oxygen atoms in total. The maximum atomic E-state index is 13.4. The predicted octanol–water partition coefficient (Wildman–Crippen LogP) is 4.65. The van der Waals surface area contributed by atoms with Gasteiger partial charge in [-0.1, -0.05) is 16.5 Å². The number of anilines is 1. The van der Waals surface area contributed by atoms with Crippen LogP contribution in [0.15, 0.2) is 22.7 Å². The Bertz CT molecular complexity index is 1140. The highest BCUT2D eigenvalue weighted by atomic mass is 32.1. The van der Waals surface area contributed by atoms with Gasteiger partial charge in [0.15, 0.2) is 16.5 Å². The van der Waals surface area contributed by atoms with E-state index in [0.29, 0.717) is 23.8 Å². The number of aromatic nitrogens is 2. The summed E-state index contributed by atoms with van der Waals surface area (Å²) in [6.07, 6.45) is 5.98. The van der Waals surface area contributed by atoms with Gasteiger partial charge in [0.2, 0.25) is 0 Å². The van der Waals surface area contributed by atoms with Gasteiger partial charge >= 0.3 is 0 Å². The molecule has 3 aliphatic rings. The lowest BCUT2D eigenvalue weighted by Crippen LogP contribution is -2.38. The van der Waals surface area contributed by atoms with E-state index in [4.69, 9.17) is 9.51 Å². The lowest BCUT2D eigenvalue weighted by molar-refractivity contribution is 0.0925. The Morgan fingerprint density at radius 3 is 2.75 bits per heavy atom. The minimum absolute atomic E-state index is 0.274. The zero-order chi connectivity index (χ0) is 21.7.